The monoisotopic (exact) mass is 319 g/mol. The molecular formula is C18H29N3O2. The van der Waals surface area contributed by atoms with E-state index in [9.17, 15) is 4.79 Å². The fourth-order valence-corrected chi connectivity index (χ4v) is 2.99. The molecule has 0 aromatic heterocycles. The number of carbonyl (C=O) groups excluding carboxylic acids is 1. The molecule has 5 nitrogen and oxygen atoms in total. The van der Waals surface area contributed by atoms with E-state index in [1.807, 2.05) is 0 Å². The number of aryl methyl sites for hydroxylation is 1. The zero-order valence-corrected chi connectivity index (χ0v) is 14.3. The third-order valence-corrected chi connectivity index (χ3v) is 4.34. The van der Waals surface area contributed by atoms with Crippen LogP contribution in [0.5, 0.6) is 0 Å². The number of benzene rings is 1. The Morgan fingerprint density at radius 3 is 2.52 bits per heavy atom. The summed E-state index contributed by atoms with van der Waals surface area (Å²) in [6.45, 7) is 5.99. The number of carbonyl (C=O) groups is 1. The van der Waals surface area contributed by atoms with Crippen molar-refractivity contribution in [3.8, 4) is 0 Å². The molecule has 2 amide bonds. The molecule has 1 aromatic carbocycles. The Morgan fingerprint density at radius 2 is 1.87 bits per heavy atom. The first-order valence-corrected chi connectivity index (χ1v) is 8.52. The lowest BCUT2D eigenvalue weighted by Gasteiger charge is -2.35. The molecule has 0 aliphatic carbocycles. The third kappa shape index (κ3) is 5.84. The van der Waals surface area contributed by atoms with E-state index < -0.39 is 0 Å². The van der Waals surface area contributed by atoms with Crippen molar-refractivity contribution >= 4 is 6.03 Å². The molecule has 1 aliphatic rings. The maximum absolute atomic E-state index is 11.9. The SMILES string of the molecule is COCCNC(=O)NCC(c1ccc(C)cc1)N1CCCCC1. The van der Waals surface area contributed by atoms with Crippen molar-refractivity contribution in [3.05, 3.63) is 35.4 Å². The summed E-state index contributed by atoms with van der Waals surface area (Å²) in [4.78, 5) is 14.4. The number of ether oxygens (including phenoxy) is 1. The molecule has 1 aromatic rings. The topological polar surface area (TPSA) is 53.6 Å². The molecule has 1 aliphatic heterocycles. The summed E-state index contributed by atoms with van der Waals surface area (Å²) in [5, 5.41) is 5.81. The van der Waals surface area contributed by atoms with Crippen LogP contribution in [0.1, 0.15) is 36.4 Å². The van der Waals surface area contributed by atoms with Crippen molar-refractivity contribution in [1.82, 2.24) is 15.5 Å². The van der Waals surface area contributed by atoms with Crippen molar-refractivity contribution in [2.24, 2.45) is 0 Å². The van der Waals surface area contributed by atoms with E-state index in [-0.39, 0.29) is 12.1 Å². The number of piperidine rings is 1. The van der Waals surface area contributed by atoms with Crippen LogP contribution < -0.4 is 10.6 Å². The van der Waals surface area contributed by atoms with Gasteiger partial charge in [0.2, 0.25) is 0 Å². The van der Waals surface area contributed by atoms with Crippen LogP contribution in [0.3, 0.4) is 0 Å². The van der Waals surface area contributed by atoms with Gasteiger partial charge in [0.25, 0.3) is 0 Å². The molecule has 1 fully saturated rings. The smallest absolute Gasteiger partial charge is 0.314 e. The summed E-state index contributed by atoms with van der Waals surface area (Å²) in [7, 11) is 1.63. The number of nitrogens with one attached hydrogen (secondary N) is 2. The molecule has 2 N–H and O–H groups in total. The molecule has 0 radical (unpaired) electrons. The molecule has 1 unspecified atom stereocenters. The third-order valence-electron chi connectivity index (χ3n) is 4.34. The molecule has 5 heteroatoms. The van der Waals surface area contributed by atoms with Crippen LogP contribution in [0.4, 0.5) is 4.79 Å². The van der Waals surface area contributed by atoms with E-state index in [4.69, 9.17) is 4.74 Å². The van der Waals surface area contributed by atoms with Crippen LogP contribution in [0.15, 0.2) is 24.3 Å². The Balaban J connectivity index is 1.95. The minimum absolute atomic E-state index is 0.129. The molecular weight excluding hydrogens is 290 g/mol. The average Bonchev–Trinajstić information content (AvgIpc) is 2.58. The molecule has 128 valence electrons. The number of amides is 2. The number of rotatable bonds is 7. The molecule has 2 rings (SSSR count). The van der Waals surface area contributed by atoms with Crippen molar-refractivity contribution in [2.75, 3.05) is 39.9 Å². The summed E-state index contributed by atoms with van der Waals surface area (Å²) >= 11 is 0. The number of methoxy groups -OCH3 is 1. The van der Waals surface area contributed by atoms with Gasteiger partial charge in [0, 0.05) is 20.2 Å². The Bertz CT molecular complexity index is 470. The molecule has 0 bridgehead atoms. The van der Waals surface area contributed by atoms with Crippen LogP contribution in [0, 0.1) is 6.92 Å². The van der Waals surface area contributed by atoms with Crippen molar-refractivity contribution in [1.29, 1.82) is 0 Å². The highest BCUT2D eigenvalue weighted by Gasteiger charge is 2.22. The van der Waals surface area contributed by atoms with Crippen LogP contribution >= 0.6 is 0 Å². The summed E-state index contributed by atoms with van der Waals surface area (Å²) < 4.78 is 4.94. The molecule has 0 spiro atoms. The van der Waals surface area contributed by atoms with E-state index in [1.165, 1.54) is 30.4 Å². The van der Waals surface area contributed by atoms with E-state index in [2.05, 4.69) is 46.7 Å². The molecule has 1 heterocycles. The first-order valence-electron chi connectivity index (χ1n) is 8.52. The molecule has 1 atom stereocenters. The second kappa shape index (κ2) is 9.53. The lowest BCUT2D eigenvalue weighted by atomic mass is 10.0. The highest BCUT2D eigenvalue weighted by Crippen LogP contribution is 2.24. The Labute approximate surface area is 139 Å². The number of hydrogen-bond acceptors (Lipinski definition) is 3. The van der Waals surface area contributed by atoms with Gasteiger partial charge in [-0.25, -0.2) is 4.79 Å². The van der Waals surface area contributed by atoms with Crippen molar-refractivity contribution in [2.45, 2.75) is 32.2 Å². The van der Waals surface area contributed by atoms with Crippen LogP contribution in [-0.2, 0) is 4.74 Å². The van der Waals surface area contributed by atoms with Gasteiger partial charge in [0.15, 0.2) is 0 Å². The Hall–Kier alpha value is -1.59. The predicted octanol–water partition coefficient (Wildman–Crippen LogP) is 2.47. The predicted molar refractivity (Wildman–Crippen MR) is 92.6 cm³/mol. The lowest BCUT2D eigenvalue weighted by Crippen LogP contribution is -2.44. The number of nitrogens with zero attached hydrogens (tertiary/aromatic N) is 1. The highest BCUT2D eigenvalue weighted by molar-refractivity contribution is 5.73. The summed E-state index contributed by atoms with van der Waals surface area (Å²) in [5.74, 6) is 0. The van der Waals surface area contributed by atoms with Crippen molar-refractivity contribution in [3.63, 3.8) is 0 Å². The van der Waals surface area contributed by atoms with Gasteiger partial charge < -0.3 is 15.4 Å². The van der Waals surface area contributed by atoms with Crippen LogP contribution in [0.25, 0.3) is 0 Å². The van der Waals surface area contributed by atoms with Gasteiger partial charge in [-0.05, 0) is 38.4 Å². The van der Waals surface area contributed by atoms with Gasteiger partial charge in [-0.15, -0.1) is 0 Å². The molecule has 0 saturated carbocycles. The first kappa shape index (κ1) is 17.8. The van der Waals surface area contributed by atoms with E-state index in [0.29, 0.717) is 19.7 Å². The molecule has 1 saturated heterocycles. The lowest BCUT2D eigenvalue weighted by molar-refractivity contribution is 0.159. The fourth-order valence-electron chi connectivity index (χ4n) is 2.99. The van der Waals surface area contributed by atoms with Gasteiger partial charge in [-0.2, -0.15) is 0 Å². The fraction of sp³-hybridized carbons (Fsp3) is 0.611. The van der Waals surface area contributed by atoms with Crippen molar-refractivity contribution < 1.29 is 9.53 Å². The van der Waals surface area contributed by atoms with E-state index in [1.54, 1.807) is 7.11 Å². The van der Waals surface area contributed by atoms with E-state index >= 15 is 0 Å². The highest BCUT2D eigenvalue weighted by atomic mass is 16.5. The largest absolute Gasteiger partial charge is 0.383 e. The second-order valence-electron chi connectivity index (χ2n) is 6.15. The summed E-state index contributed by atoms with van der Waals surface area (Å²) in [6, 6.07) is 8.76. The van der Waals surface area contributed by atoms with E-state index in [0.717, 1.165) is 13.1 Å². The minimum Gasteiger partial charge on any atom is -0.383 e. The van der Waals surface area contributed by atoms with Gasteiger partial charge in [0.1, 0.15) is 0 Å². The second-order valence-corrected chi connectivity index (χ2v) is 6.15. The summed E-state index contributed by atoms with van der Waals surface area (Å²) in [5.41, 5.74) is 2.53. The Morgan fingerprint density at radius 1 is 1.17 bits per heavy atom. The Kier molecular flexibility index (Phi) is 7.36. The van der Waals surface area contributed by atoms with Gasteiger partial charge in [0.05, 0.1) is 12.6 Å². The van der Waals surface area contributed by atoms with Crippen LogP contribution in [-0.4, -0.2) is 50.8 Å². The van der Waals surface area contributed by atoms with Gasteiger partial charge >= 0.3 is 6.03 Å². The maximum atomic E-state index is 11.9. The number of likely N-dealkylation sites (tertiary alicyclic amines) is 1. The quantitative estimate of drug-likeness (QED) is 0.759. The average molecular weight is 319 g/mol. The summed E-state index contributed by atoms with van der Waals surface area (Å²) in [6.07, 6.45) is 3.78. The zero-order valence-electron chi connectivity index (χ0n) is 14.3. The zero-order chi connectivity index (χ0) is 16.5. The molecule has 23 heavy (non-hydrogen) atoms. The first-order chi connectivity index (χ1) is 11.2. The number of hydrogen-bond donors (Lipinski definition) is 2. The normalized spacial score (nSPS) is 16.8. The minimum atomic E-state index is -0.129. The maximum Gasteiger partial charge on any atom is 0.314 e. The van der Waals surface area contributed by atoms with Crippen LogP contribution in [0.2, 0.25) is 0 Å². The standard InChI is InChI=1S/C18H29N3O2/c1-15-6-8-16(9-7-15)17(21-11-4-3-5-12-21)14-20-18(22)19-10-13-23-2/h6-9,17H,3-5,10-14H2,1-2H3,(H2,19,20,22). The van der Waals surface area contributed by atoms with Gasteiger partial charge in [-0.3, -0.25) is 4.90 Å². The van der Waals surface area contributed by atoms with Gasteiger partial charge in [-0.1, -0.05) is 36.2 Å². The number of urea groups is 1.